The van der Waals surface area contributed by atoms with E-state index < -0.39 is 5.97 Å². The van der Waals surface area contributed by atoms with Crippen molar-refractivity contribution in [2.24, 2.45) is 0 Å². The van der Waals surface area contributed by atoms with Crippen LogP contribution in [0.3, 0.4) is 0 Å². The Hall–Kier alpha value is -1.21. The first-order valence-electron chi connectivity index (χ1n) is 5.16. The molecule has 0 fully saturated rings. The molecule has 0 aliphatic rings. The Labute approximate surface area is 120 Å². The molecule has 5 nitrogen and oxygen atoms in total. The minimum absolute atomic E-state index is 0.182. The lowest BCUT2D eigenvalue weighted by molar-refractivity contribution is 0.0520. The summed E-state index contributed by atoms with van der Waals surface area (Å²) in [4.78, 5) is 11.7. The van der Waals surface area contributed by atoms with Crippen LogP contribution < -0.4 is 0 Å². The lowest BCUT2D eigenvalue weighted by atomic mass is 10.1. The van der Waals surface area contributed by atoms with Gasteiger partial charge in [0.05, 0.1) is 6.61 Å². The Balaban J connectivity index is 2.45. The molecule has 2 rings (SSSR count). The van der Waals surface area contributed by atoms with Gasteiger partial charge in [0.15, 0.2) is 5.69 Å². The predicted octanol–water partition coefficient (Wildman–Crippen LogP) is 3.17. The van der Waals surface area contributed by atoms with Crippen LogP contribution >= 0.6 is 31.9 Å². The van der Waals surface area contributed by atoms with Crippen LogP contribution in [0.15, 0.2) is 27.1 Å². The minimum atomic E-state index is -0.489. The third-order valence-corrected chi connectivity index (χ3v) is 3.07. The predicted molar refractivity (Wildman–Crippen MR) is 73.2 cm³/mol. The number of carbonyl (C=O) groups excluding carboxylic acids is 1. The molecule has 0 aliphatic carbocycles. The monoisotopic (exact) mass is 373 g/mol. The van der Waals surface area contributed by atoms with Crippen LogP contribution in [-0.4, -0.2) is 28.0 Å². The molecule has 1 N–H and O–H groups in total. The molecule has 2 aromatic rings. The molecule has 1 aromatic carbocycles. The molecule has 1 aromatic heterocycles. The van der Waals surface area contributed by atoms with Gasteiger partial charge in [-0.3, -0.25) is 0 Å². The Morgan fingerprint density at radius 3 is 2.56 bits per heavy atom. The van der Waals surface area contributed by atoms with E-state index in [0.717, 1.165) is 14.5 Å². The number of aromatic nitrogens is 3. The van der Waals surface area contributed by atoms with Crippen molar-refractivity contribution in [2.75, 3.05) is 6.61 Å². The molecule has 7 heteroatoms. The van der Waals surface area contributed by atoms with Gasteiger partial charge in [-0.05, 0) is 25.1 Å². The first-order valence-corrected chi connectivity index (χ1v) is 6.74. The number of nitrogens with zero attached hydrogens (tertiary/aromatic N) is 2. The maximum atomic E-state index is 11.7. The molecule has 0 amide bonds. The summed E-state index contributed by atoms with van der Waals surface area (Å²) in [7, 11) is 0. The number of H-pyrrole nitrogens is 1. The quantitative estimate of drug-likeness (QED) is 0.838. The molecule has 0 bridgehead atoms. The van der Waals surface area contributed by atoms with Gasteiger partial charge in [0.25, 0.3) is 0 Å². The zero-order chi connectivity index (χ0) is 13.1. The molecule has 0 saturated heterocycles. The van der Waals surface area contributed by atoms with Crippen molar-refractivity contribution < 1.29 is 9.53 Å². The number of halogens is 2. The van der Waals surface area contributed by atoms with Crippen molar-refractivity contribution >= 4 is 37.8 Å². The molecule has 0 saturated carbocycles. The van der Waals surface area contributed by atoms with Crippen LogP contribution in [0.2, 0.25) is 0 Å². The van der Waals surface area contributed by atoms with E-state index >= 15 is 0 Å². The van der Waals surface area contributed by atoms with Crippen molar-refractivity contribution in [3.8, 4) is 11.3 Å². The van der Waals surface area contributed by atoms with Crippen LogP contribution in [0.25, 0.3) is 11.3 Å². The highest BCUT2D eigenvalue weighted by Crippen LogP contribution is 2.28. The van der Waals surface area contributed by atoms with E-state index in [-0.39, 0.29) is 5.69 Å². The topological polar surface area (TPSA) is 67.9 Å². The van der Waals surface area contributed by atoms with Crippen LogP contribution in [0.4, 0.5) is 0 Å². The number of aromatic amines is 1. The van der Waals surface area contributed by atoms with Crippen molar-refractivity contribution in [1.82, 2.24) is 15.4 Å². The third-order valence-electron chi connectivity index (χ3n) is 2.15. The summed E-state index contributed by atoms with van der Waals surface area (Å²) < 4.78 is 6.68. The van der Waals surface area contributed by atoms with E-state index in [4.69, 9.17) is 4.74 Å². The number of carbonyl (C=O) groups is 1. The standard InChI is InChI=1S/C11H9Br2N3O2/c1-2-18-11(17)10-9(14-16-15-10)6-3-7(12)5-8(13)4-6/h3-5H,2H2,1H3,(H,14,15,16). The summed E-state index contributed by atoms with van der Waals surface area (Å²) in [5.74, 6) is -0.489. The van der Waals surface area contributed by atoms with E-state index in [1.54, 1.807) is 6.92 Å². The summed E-state index contributed by atoms with van der Waals surface area (Å²) in [6.07, 6.45) is 0. The Kier molecular flexibility index (Phi) is 4.13. The van der Waals surface area contributed by atoms with Gasteiger partial charge in [-0.25, -0.2) is 4.79 Å². The second kappa shape index (κ2) is 5.62. The summed E-state index contributed by atoms with van der Waals surface area (Å²) in [6.45, 7) is 2.04. The van der Waals surface area contributed by atoms with E-state index in [9.17, 15) is 4.79 Å². The number of ether oxygens (including phenoxy) is 1. The molecule has 1 heterocycles. The number of hydrogen-bond acceptors (Lipinski definition) is 4. The average Bonchev–Trinajstić information content (AvgIpc) is 2.76. The van der Waals surface area contributed by atoms with Crippen molar-refractivity contribution in [3.63, 3.8) is 0 Å². The van der Waals surface area contributed by atoms with Crippen LogP contribution in [0.1, 0.15) is 17.4 Å². The fraction of sp³-hybridized carbons (Fsp3) is 0.182. The molecule has 94 valence electrons. The normalized spacial score (nSPS) is 10.4. The minimum Gasteiger partial charge on any atom is -0.461 e. The molecule has 0 aliphatic heterocycles. The second-order valence-electron chi connectivity index (χ2n) is 3.40. The van der Waals surface area contributed by atoms with Gasteiger partial charge in [-0.1, -0.05) is 31.9 Å². The van der Waals surface area contributed by atoms with Crippen LogP contribution in [0.5, 0.6) is 0 Å². The van der Waals surface area contributed by atoms with Gasteiger partial charge in [0.2, 0.25) is 0 Å². The molecule has 0 radical (unpaired) electrons. The molecule has 0 spiro atoms. The number of esters is 1. The molecular formula is C11H9Br2N3O2. The fourth-order valence-electron chi connectivity index (χ4n) is 1.46. The van der Waals surface area contributed by atoms with E-state index in [0.29, 0.717) is 12.3 Å². The highest BCUT2D eigenvalue weighted by molar-refractivity contribution is 9.11. The number of hydrogen-bond donors (Lipinski definition) is 1. The summed E-state index contributed by atoms with van der Waals surface area (Å²) in [5, 5.41) is 10.3. The molecule has 0 unspecified atom stereocenters. The SMILES string of the molecule is CCOC(=O)c1n[nH]nc1-c1cc(Br)cc(Br)c1. The van der Waals surface area contributed by atoms with Gasteiger partial charge >= 0.3 is 5.97 Å². The zero-order valence-corrected chi connectivity index (χ0v) is 12.6. The highest BCUT2D eigenvalue weighted by Gasteiger charge is 2.19. The number of benzene rings is 1. The lowest BCUT2D eigenvalue weighted by Crippen LogP contribution is -2.06. The summed E-state index contributed by atoms with van der Waals surface area (Å²) in [6, 6.07) is 5.60. The van der Waals surface area contributed by atoms with Crippen LogP contribution in [0, 0.1) is 0 Å². The third kappa shape index (κ3) is 2.78. The van der Waals surface area contributed by atoms with E-state index in [1.807, 2.05) is 18.2 Å². The molecule has 18 heavy (non-hydrogen) atoms. The highest BCUT2D eigenvalue weighted by atomic mass is 79.9. The lowest BCUT2D eigenvalue weighted by Gasteiger charge is -2.02. The number of rotatable bonds is 3. The number of nitrogens with one attached hydrogen (secondary N) is 1. The first-order chi connectivity index (χ1) is 8.61. The van der Waals surface area contributed by atoms with Crippen molar-refractivity contribution in [2.45, 2.75) is 6.92 Å². The smallest absolute Gasteiger partial charge is 0.361 e. The van der Waals surface area contributed by atoms with E-state index in [1.165, 1.54) is 0 Å². The average molecular weight is 375 g/mol. The van der Waals surface area contributed by atoms with Gasteiger partial charge in [-0.15, -0.1) is 5.10 Å². The molecule has 0 atom stereocenters. The summed E-state index contributed by atoms with van der Waals surface area (Å²) >= 11 is 6.77. The Bertz CT molecular complexity index is 563. The van der Waals surface area contributed by atoms with Gasteiger partial charge in [0.1, 0.15) is 5.69 Å². The largest absolute Gasteiger partial charge is 0.461 e. The maximum absolute atomic E-state index is 11.7. The van der Waals surface area contributed by atoms with Gasteiger partial charge < -0.3 is 4.74 Å². The Morgan fingerprint density at radius 2 is 1.94 bits per heavy atom. The Morgan fingerprint density at radius 1 is 1.28 bits per heavy atom. The van der Waals surface area contributed by atoms with Crippen LogP contribution in [-0.2, 0) is 4.74 Å². The molecular weight excluding hydrogens is 366 g/mol. The fourth-order valence-corrected chi connectivity index (χ4v) is 2.76. The maximum Gasteiger partial charge on any atom is 0.361 e. The zero-order valence-electron chi connectivity index (χ0n) is 9.41. The van der Waals surface area contributed by atoms with Gasteiger partial charge in [0, 0.05) is 14.5 Å². The summed E-state index contributed by atoms with van der Waals surface area (Å²) in [5.41, 5.74) is 1.42. The second-order valence-corrected chi connectivity index (χ2v) is 5.23. The van der Waals surface area contributed by atoms with E-state index in [2.05, 4.69) is 47.3 Å². The van der Waals surface area contributed by atoms with Crippen molar-refractivity contribution in [3.05, 3.63) is 32.8 Å². The van der Waals surface area contributed by atoms with Crippen molar-refractivity contribution in [1.29, 1.82) is 0 Å². The first kappa shape index (κ1) is 13.2. The van der Waals surface area contributed by atoms with Gasteiger partial charge in [-0.2, -0.15) is 10.3 Å².